The van der Waals surface area contributed by atoms with Gasteiger partial charge in [-0.15, -0.1) is 22.1 Å². The smallest absolute Gasteiger partial charge is 0.657 e. The number of hydrogen-bond acceptors (Lipinski definition) is 2. The van der Waals surface area contributed by atoms with Crippen molar-refractivity contribution in [2.45, 2.75) is 81.1 Å². The number of rotatable bonds is 5. The third kappa shape index (κ3) is 5.02. The van der Waals surface area contributed by atoms with Crippen molar-refractivity contribution in [3.63, 3.8) is 0 Å². The molecule has 0 spiro atoms. The van der Waals surface area contributed by atoms with Gasteiger partial charge in [-0.2, -0.15) is 0 Å². The van der Waals surface area contributed by atoms with Crippen LogP contribution in [0.2, 0.25) is 0 Å². The third-order valence-electron chi connectivity index (χ3n) is 9.24. The van der Waals surface area contributed by atoms with Crippen molar-refractivity contribution in [1.82, 2.24) is 19.9 Å². The van der Waals surface area contributed by atoms with Crippen LogP contribution in [0.5, 0.6) is 0 Å². The molecule has 43 heavy (non-hydrogen) atoms. The number of aromatic nitrogens is 4. The molecule has 0 saturated heterocycles. The molecule has 3 aromatic heterocycles. The molecule has 0 N–H and O–H groups in total. The Morgan fingerprint density at radius 3 is 1.79 bits per heavy atom. The van der Waals surface area contributed by atoms with Gasteiger partial charge in [-0.05, 0) is 86.8 Å². The quantitative estimate of drug-likeness (QED) is 0.211. The van der Waals surface area contributed by atoms with E-state index in [1.165, 1.54) is 44.5 Å². The Morgan fingerprint density at radius 2 is 1.14 bits per heavy atom. The van der Waals surface area contributed by atoms with Gasteiger partial charge in [0.25, 0.3) is 0 Å². The van der Waals surface area contributed by atoms with E-state index >= 15 is 0 Å². The third-order valence-corrected chi connectivity index (χ3v) is 9.24. The summed E-state index contributed by atoms with van der Waals surface area (Å²) in [6, 6.07) is 17.2. The first-order valence-electron chi connectivity index (χ1n) is 15.4. The van der Waals surface area contributed by atoms with Crippen molar-refractivity contribution in [2.75, 3.05) is 0 Å². The maximum absolute atomic E-state index is 5.38. The summed E-state index contributed by atoms with van der Waals surface area (Å²) in [5.74, 6) is 0. The fraction of sp³-hybridized carbons (Fsp3) is 0.316. The van der Waals surface area contributed by atoms with E-state index in [1.54, 1.807) is 0 Å². The van der Waals surface area contributed by atoms with Crippen molar-refractivity contribution in [2.24, 2.45) is 0 Å². The molecule has 0 fully saturated rings. The predicted molar refractivity (Wildman–Crippen MR) is 178 cm³/mol. The second-order valence-corrected chi connectivity index (χ2v) is 11.5. The summed E-state index contributed by atoms with van der Waals surface area (Å²) in [7, 11) is 0. The molecular formula is C38H40N4Ni. The monoisotopic (exact) mass is 610 g/mol. The van der Waals surface area contributed by atoms with Crippen LogP contribution in [-0.4, -0.2) is 9.97 Å². The Balaban J connectivity index is 0.00000368. The van der Waals surface area contributed by atoms with E-state index < -0.39 is 0 Å². The van der Waals surface area contributed by atoms with E-state index in [4.69, 9.17) is 19.9 Å². The van der Waals surface area contributed by atoms with E-state index in [2.05, 4.69) is 104 Å². The SMILES string of the molecule is CCC1=C(C)c2cc3[n-]c(c(C)c3CC)c(-c3ccccc3)c3nc(cc4[n-]c(cc1n2)c(CC)c4C)C(CC)=C3C.[Ni+2]. The Morgan fingerprint density at radius 1 is 0.581 bits per heavy atom. The van der Waals surface area contributed by atoms with E-state index in [0.717, 1.165) is 81.7 Å². The van der Waals surface area contributed by atoms with Crippen LogP contribution in [0.4, 0.5) is 0 Å². The molecule has 0 unspecified atom stereocenters. The zero-order valence-electron chi connectivity index (χ0n) is 26.6. The Hall–Kier alpha value is -3.69. The number of nitrogens with zero attached hydrogens (tertiary/aromatic N) is 4. The van der Waals surface area contributed by atoms with Crippen molar-refractivity contribution >= 4 is 44.4 Å². The minimum Gasteiger partial charge on any atom is -0.657 e. The number of allylic oxidation sites excluding steroid dienone is 4. The van der Waals surface area contributed by atoms with Gasteiger partial charge in [-0.25, -0.2) is 9.97 Å². The predicted octanol–water partition coefficient (Wildman–Crippen LogP) is 9.66. The van der Waals surface area contributed by atoms with Gasteiger partial charge in [0, 0.05) is 0 Å². The number of fused-ring (bicyclic) bond motifs is 8. The molecule has 5 heterocycles. The van der Waals surface area contributed by atoms with Gasteiger partial charge in [0.1, 0.15) is 0 Å². The number of hydrogen-bond donors (Lipinski definition) is 0. The molecule has 0 aliphatic carbocycles. The van der Waals surface area contributed by atoms with Crippen LogP contribution in [0.25, 0.3) is 55.5 Å². The first-order valence-corrected chi connectivity index (χ1v) is 15.4. The molecule has 1 aromatic carbocycles. The van der Waals surface area contributed by atoms with Crippen LogP contribution < -0.4 is 9.97 Å². The average molecular weight is 611 g/mol. The summed E-state index contributed by atoms with van der Waals surface area (Å²) in [6.07, 6.45) is 3.64. The second-order valence-electron chi connectivity index (χ2n) is 11.5. The summed E-state index contributed by atoms with van der Waals surface area (Å²) in [6.45, 7) is 17.7. The largest absolute Gasteiger partial charge is 2.00 e. The summed E-state index contributed by atoms with van der Waals surface area (Å²) < 4.78 is 0. The molecule has 0 amide bonds. The fourth-order valence-electron chi connectivity index (χ4n) is 6.88. The minimum absolute atomic E-state index is 0. The van der Waals surface area contributed by atoms with Gasteiger partial charge in [0.15, 0.2) is 0 Å². The molecule has 222 valence electrons. The van der Waals surface area contributed by atoms with Crippen LogP contribution in [-0.2, 0) is 29.3 Å². The van der Waals surface area contributed by atoms with Crippen molar-refractivity contribution < 1.29 is 16.5 Å². The Bertz CT molecular complexity index is 1950. The normalized spacial score (nSPS) is 13.1. The molecule has 2 aliphatic rings. The van der Waals surface area contributed by atoms with Crippen molar-refractivity contribution in [3.05, 3.63) is 93.6 Å². The standard InChI is InChI=1S/C38H40N4.Ni/c1-9-26-21(5)30-18-34-28(11-3)23(7)37(41-34)36(25-16-14-13-15-17-25)38-24(8)29(12-4)35(42-38)19-31-22(6)27(10-2)33(40-31)20-32(26)39-30;/h13-20H,9-12H2,1-8H3;/q-2;+2. The molecular weight excluding hydrogens is 571 g/mol. The summed E-state index contributed by atoms with van der Waals surface area (Å²) in [5, 5.41) is 0. The van der Waals surface area contributed by atoms with Gasteiger partial charge in [-0.1, -0.05) is 98.5 Å². The molecule has 0 radical (unpaired) electrons. The average Bonchev–Trinajstić information content (AvgIpc) is 3.66. The van der Waals surface area contributed by atoms with Gasteiger partial charge < -0.3 is 9.97 Å². The van der Waals surface area contributed by atoms with Crippen LogP contribution in [0, 0.1) is 13.8 Å². The second kappa shape index (κ2) is 12.1. The van der Waals surface area contributed by atoms with E-state index in [9.17, 15) is 0 Å². The van der Waals surface area contributed by atoms with Gasteiger partial charge >= 0.3 is 16.5 Å². The first-order chi connectivity index (χ1) is 20.3. The summed E-state index contributed by atoms with van der Waals surface area (Å²) in [5.41, 5.74) is 20.3. The molecule has 2 aliphatic heterocycles. The van der Waals surface area contributed by atoms with Crippen molar-refractivity contribution in [3.8, 4) is 11.1 Å². The summed E-state index contributed by atoms with van der Waals surface area (Å²) in [4.78, 5) is 21.1. The minimum atomic E-state index is 0. The molecule has 0 saturated carbocycles. The van der Waals surface area contributed by atoms with Gasteiger partial charge in [-0.3, -0.25) is 0 Å². The van der Waals surface area contributed by atoms with Crippen molar-refractivity contribution in [1.29, 1.82) is 0 Å². The van der Waals surface area contributed by atoms with E-state index in [1.807, 2.05) is 0 Å². The van der Waals surface area contributed by atoms with E-state index in [-0.39, 0.29) is 16.5 Å². The molecule has 8 bridgehead atoms. The Labute approximate surface area is 265 Å². The van der Waals surface area contributed by atoms with Crippen LogP contribution in [0.15, 0.2) is 48.5 Å². The Kier molecular flexibility index (Phi) is 8.68. The van der Waals surface area contributed by atoms with Gasteiger partial charge in [0.05, 0.1) is 22.8 Å². The fourth-order valence-corrected chi connectivity index (χ4v) is 6.88. The van der Waals surface area contributed by atoms with Gasteiger partial charge in [0.2, 0.25) is 0 Å². The molecule has 5 heteroatoms. The maximum atomic E-state index is 5.38. The topological polar surface area (TPSA) is 54.0 Å². The van der Waals surface area contributed by atoms with Crippen LogP contribution >= 0.6 is 0 Å². The first kappa shape index (κ1) is 30.8. The zero-order valence-corrected chi connectivity index (χ0v) is 27.5. The zero-order chi connectivity index (χ0) is 29.7. The molecule has 4 aromatic rings. The molecule has 4 nitrogen and oxygen atoms in total. The molecule has 6 rings (SSSR count). The van der Waals surface area contributed by atoms with Crippen LogP contribution in [0.3, 0.4) is 0 Å². The summed E-state index contributed by atoms with van der Waals surface area (Å²) >= 11 is 0. The van der Waals surface area contributed by atoms with Crippen LogP contribution in [0.1, 0.15) is 99.4 Å². The molecule has 0 atom stereocenters. The van der Waals surface area contributed by atoms with E-state index in [0.29, 0.717) is 0 Å². The number of aryl methyl sites for hydroxylation is 4. The maximum Gasteiger partial charge on any atom is 2.00 e. The number of benzene rings is 1.